The number of fused-ring (bicyclic) bond motifs is 1. The highest BCUT2D eigenvalue weighted by Gasteiger charge is 2.17. The molecule has 110 valence electrons. The highest BCUT2D eigenvalue weighted by atomic mass is 79.9. The number of benzene rings is 2. The fraction of sp³-hybridized carbons (Fsp3) is 0.333. The van der Waals surface area contributed by atoms with Gasteiger partial charge in [0.25, 0.3) is 0 Å². The summed E-state index contributed by atoms with van der Waals surface area (Å²) >= 11 is 3.83. The maximum Gasteiger partial charge on any atom is 0.161 e. The van der Waals surface area contributed by atoms with E-state index in [2.05, 4.69) is 60.1 Å². The van der Waals surface area contributed by atoms with Gasteiger partial charge in [-0.3, -0.25) is 0 Å². The molecule has 0 fully saturated rings. The van der Waals surface area contributed by atoms with Gasteiger partial charge in [-0.05, 0) is 42.7 Å². The van der Waals surface area contributed by atoms with Crippen LogP contribution in [0.1, 0.15) is 33.5 Å². The van der Waals surface area contributed by atoms with Crippen LogP contribution in [0, 0.1) is 13.8 Å². The zero-order chi connectivity index (χ0) is 14.8. The smallest absolute Gasteiger partial charge is 0.161 e. The van der Waals surface area contributed by atoms with Gasteiger partial charge < -0.3 is 9.47 Å². The minimum Gasteiger partial charge on any atom is -0.490 e. The number of aryl methyl sites for hydroxylation is 2. The number of rotatable bonds is 2. The molecule has 1 aliphatic rings. The lowest BCUT2D eigenvalue weighted by Crippen LogP contribution is -1.99. The Morgan fingerprint density at radius 2 is 1.71 bits per heavy atom. The van der Waals surface area contributed by atoms with Crippen LogP contribution in [0.5, 0.6) is 11.5 Å². The summed E-state index contributed by atoms with van der Waals surface area (Å²) in [4.78, 5) is 0.162. The molecule has 0 bridgehead atoms. The van der Waals surface area contributed by atoms with Crippen molar-refractivity contribution in [3.63, 3.8) is 0 Å². The van der Waals surface area contributed by atoms with Gasteiger partial charge in [-0.1, -0.05) is 45.8 Å². The van der Waals surface area contributed by atoms with Crippen LogP contribution in [0.15, 0.2) is 36.4 Å². The molecule has 0 N–H and O–H groups in total. The van der Waals surface area contributed by atoms with Crippen molar-refractivity contribution >= 4 is 15.9 Å². The predicted octanol–water partition coefficient (Wildman–Crippen LogP) is 4.95. The topological polar surface area (TPSA) is 18.5 Å². The summed E-state index contributed by atoms with van der Waals surface area (Å²) in [6, 6.07) is 12.7. The van der Waals surface area contributed by atoms with E-state index in [9.17, 15) is 0 Å². The van der Waals surface area contributed by atoms with E-state index in [4.69, 9.17) is 9.47 Å². The van der Waals surface area contributed by atoms with E-state index in [1.165, 1.54) is 22.3 Å². The van der Waals surface area contributed by atoms with E-state index < -0.39 is 0 Å². The maximum atomic E-state index is 5.78. The number of hydrogen-bond donors (Lipinski definition) is 0. The lowest BCUT2D eigenvalue weighted by Gasteiger charge is -2.16. The highest BCUT2D eigenvalue weighted by Crippen LogP contribution is 2.38. The molecule has 3 heteroatoms. The average Bonchev–Trinajstić information content (AvgIpc) is 2.73. The Bertz CT molecular complexity index is 652. The van der Waals surface area contributed by atoms with Gasteiger partial charge in [-0.25, -0.2) is 0 Å². The Morgan fingerprint density at radius 3 is 2.52 bits per heavy atom. The summed E-state index contributed by atoms with van der Waals surface area (Å²) in [6.07, 6.45) is 0.929. The number of halogens is 1. The molecule has 2 aromatic carbocycles. The van der Waals surface area contributed by atoms with Crippen molar-refractivity contribution in [2.45, 2.75) is 25.1 Å². The van der Waals surface area contributed by atoms with Gasteiger partial charge in [0.05, 0.1) is 18.0 Å². The van der Waals surface area contributed by atoms with Gasteiger partial charge in [0.15, 0.2) is 11.5 Å². The maximum absolute atomic E-state index is 5.78. The molecule has 0 radical (unpaired) electrons. The van der Waals surface area contributed by atoms with Gasteiger partial charge in [0, 0.05) is 6.42 Å². The van der Waals surface area contributed by atoms with Crippen molar-refractivity contribution in [3.05, 3.63) is 58.7 Å². The Hall–Kier alpha value is -1.48. The normalized spacial score (nSPS) is 15.4. The Labute approximate surface area is 134 Å². The molecule has 0 amide bonds. The first-order valence-electron chi connectivity index (χ1n) is 7.26. The molecule has 0 saturated carbocycles. The molecule has 1 heterocycles. The molecular formula is C18H19BrO2. The van der Waals surface area contributed by atoms with E-state index in [0.29, 0.717) is 6.61 Å². The van der Waals surface area contributed by atoms with Crippen LogP contribution in [-0.2, 0) is 0 Å². The van der Waals surface area contributed by atoms with Crippen molar-refractivity contribution in [2.24, 2.45) is 0 Å². The van der Waals surface area contributed by atoms with E-state index in [1.807, 2.05) is 6.07 Å². The van der Waals surface area contributed by atoms with Crippen LogP contribution >= 0.6 is 15.9 Å². The summed E-state index contributed by atoms with van der Waals surface area (Å²) in [7, 11) is 0. The fourth-order valence-corrected chi connectivity index (χ4v) is 3.33. The first kappa shape index (κ1) is 14.5. The zero-order valence-electron chi connectivity index (χ0n) is 12.4. The predicted molar refractivity (Wildman–Crippen MR) is 88.7 cm³/mol. The van der Waals surface area contributed by atoms with Crippen molar-refractivity contribution in [2.75, 3.05) is 13.2 Å². The summed E-state index contributed by atoms with van der Waals surface area (Å²) in [6.45, 7) is 5.71. The lowest BCUT2D eigenvalue weighted by atomic mass is 9.98. The van der Waals surface area contributed by atoms with Crippen LogP contribution in [0.25, 0.3) is 0 Å². The van der Waals surface area contributed by atoms with Crippen molar-refractivity contribution in [1.29, 1.82) is 0 Å². The number of alkyl halides is 1. The quantitative estimate of drug-likeness (QED) is 0.716. The van der Waals surface area contributed by atoms with Crippen LogP contribution in [0.4, 0.5) is 0 Å². The molecule has 1 unspecified atom stereocenters. The van der Waals surface area contributed by atoms with Gasteiger partial charge in [0.1, 0.15) is 0 Å². The van der Waals surface area contributed by atoms with Gasteiger partial charge in [-0.2, -0.15) is 0 Å². The summed E-state index contributed by atoms with van der Waals surface area (Å²) in [5, 5.41) is 0. The molecule has 0 aliphatic carbocycles. The van der Waals surface area contributed by atoms with Crippen LogP contribution in [0.2, 0.25) is 0 Å². The standard InChI is InChI=1S/C18H19BrO2/c1-12-4-5-13(2)15(10-12)18(19)14-6-7-16-17(11-14)21-9-3-8-20-16/h4-7,10-11,18H,3,8-9H2,1-2H3. The third-order valence-corrected chi connectivity index (χ3v) is 4.79. The van der Waals surface area contributed by atoms with E-state index in [1.54, 1.807) is 0 Å². The van der Waals surface area contributed by atoms with E-state index in [0.717, 1.165) is 24.5 Å². The third kappa shape index (κ3) is 3.08. The molecule has 0 spiro atoms. The number of hydrogen-bond acceptors (Lipinski definition) is 2. The second-order valence-corrected chi connectivity index (χ2v) is 6.39. The molecule has 3 rings (SSSR count). The van der Waals surface area contributed by atoms with Crippen molar-refractivity contribution in [3.8, 4) is 11.5 Å². The largest absolute Gasteiger partial charge is 0.490 e. The van der Waals surface area contributed by atoms with Gasteiger partial charge >= 0.3 is 0 Å². The molecule has 1 aliphatic heterocycles. The van der Waals surface area contributed by atoms with Crippen LogP contribution < -0.4 is 9.47 Å². The first-order valence-corrected chi connectivity index (χ1v) is 8.17. The van der Waals surface area contributed by atoms with Gasteiger partial charge in [0.2, 0.25) is 0 Å². The summed E-state index contributed by atoms with van der Waals surface area (Å²) in [5.74, 6) is 1.69. The summed E-state index contributed by atoms with van der Waals surface area (Å²) < 4.78 is 11.5. The molecule has 21 heavy (non-hydrogen) atoms. The first-order chi connectivity index (χ1) is 10.1. The molecule has 0 aromatic heterocycles. The minimum atomic E-state index is 0.162. The summed E-state index contributed by atoms with van der Waals surface area (Å²) in [5.41, 5.74) is 5.04. The number of ether oxygens (including phenoxy) is 2. The zero-order valence-corrected chi connectivity index (χ0v) is 13.9. The minimum absolute atomic E-state index is 0.162. The van der Waals surface area contributed by atoms with E-state index in [-0.39, 0.29) is 4.83 Å². The van der Waals surface area contributed by atoms with E-state index >= 15 is 0 Å². The SMILES string of the molecule is Cc1ccc(C)c(C(Br)c2ccc3c(c2)OCCCO3)c1. The molecule has 1 atom stereocenters. The molecular weight excluding hydrogens is 328 g/mol. The Morgan fingerprint density at radius 1 is 0.952 bits per heavy atom. The Balaban J connectivity index is 1.96. The third-order valence-electron chi connectivity index (χ3n) is 3.77. The molecule has 2 aromatic rings. The Kier molecular flexibility index (Phi) is 4.20. The van der Waals surface area contributed by atoms with Crippen molar-refractivity contribution in [1.82, 2.24) is 0 Å². The van der Waals surface area contributed by atoms with Crippen molar-refractivity contribution < 1.29 is 9.47 Å². The second kappa shape index (κ2) is 6.10. The monoisotopic (exact) mass is 346 g/mol. The highest BCUT2D eigenvalue weighted by molar-refractivity contribution is 9.09. The molecule has 2 nitrogen and oxygen atoms in total. The lowest BCUT2D eigenvalue weighted by molar-refractivity contribution is 0.297. The second-order valence-electron chi connectivity index (χ2n) is 5.48. The van der Waals surface area contributed by atoms with Crippen LogP contribution in [-0.4, -0.2) is 13.2 Å². The fourth-order valence-electron chi connectivity index (χ4n) is 2.55. The van der Waals surface area contributed by atoms with Crippen LogP contribution in [0.3, 0.4) is 0 Å². The average molecular weight is 347 g/mol. The van der Waals surface area contributed by atoms with Gasteiger partial charge in [-0.15, -0.1) is 0 Å². The molecule has 0 saturated heterocycles.